The SMILES string of the molecule is CC1CC2(CCCCC2)C(=O)N1Cc1ccc(F)cc1Cl. The lowest BCUT2D eigenvalue weighted by atomic mass is 9.72. The molecule has 1 aromatic carbocycles. The first-order valence-electron chi connectivity index (χ1n) is 7.77. The van der Waals surface area contributed by atoms with Gasteiger partial charge in [0.1, 0.15) is 5.82 Å². The second-order valence-electron chi connectivity index (χ2n) is 6.56. The molecule has 3 rings (SSSR count). The maximum absolute atomic E-state index is 13.1. The van der Waals surface area contributed by atoms with Gasteiger partial charge in [0.15, 0.2) is 0 Å². The van der Waals surface area contributed by atoms with Crippen molar-refractivity contribution in [3.05, 3.63) is 34.6 Å². The monoisotopic (exact) mass is 309 g/mol. The van der Waals surface area contributed by atoms with Crippen molar-refractivity contribution in [2.75, 3.05) is 0 Å². The summed E-state index contributed by atoms with van der Waals surface area (Å²) in [6.07, 6.45) is 6.54. The molecule has 1 heterocycles. The summed E-state index contributed by atoms with van der Waals surface area (Å²) in [5.41, 5.74) is 0.690. The molecule has 1 amide bonds. The molecular weight excluding hydrogens is 289 g/mol. The zero-order chi connectivity index (χ0) is 15.0. The Balaban J connectivity index is 1.80. The second-order valence-corrected chi connectivity index (χ2v) is 6.97. The third-order valence-corrected chi connectivity index (χ3v) is 5.45. The third kappa shape index (κ3) is 2.68. The Kier molecular flexibility index (Phi) is 3.96. The molecular formula is C17H21ClFNO. The molecule has 1 saturated carbocycles. The fraction of sp³-hybridized carbons (Fsp3) is 0.588. The Labute approximate surface area is 130 Å². The van der Waals surface area contributed by atoms with Crippen LogP contribution in [0.15, 0.2) is 18.2 Å². The van der Waals surface area contributed by atoms with Crippen molar-refractivity contribution in [1.82, 2.24) is 4.90 Å². The van der Waals surface area contributed by atoms with E-state index in [0.717, 1.165) is 37.7 Å². The van der Waals surface area contributed by atoms with Crippen LogP contribution in [0.1, 0.15) is 51.0 Å². The Morgan fingerprint density at radius 2 is 2.05 bits per heavy atom. The van der Waals surface area contributed by atoms with E-state index in [0.29, 0.717) is 11.6 Å². The predicted molar refractivity (Wildman–Crippen MR) is 81.6 cm³/mol. The third-order valence-electron chi connectivity index (χ3n) is 5.10. The molecule has 0 bridgehead atoms. The van der Waals surface area contributed by atoms with Gasteiger partial charge in [-0.3, -0.25) is 4.79 Å². The number of carbonyl (C=O) groups excluding carboxylic acids is 1. The van der Waals surface area contributed by atoms with Crippen LogP contribution in [0.3, 0.4) is 0 Å². The summed E-state index contributed by atoms with van der Waals surface area (Å²) in [5.74, 6) is -0.0663. The lowest BCUT2D eigenvalue weighted by Crippen LogP contribution is -2.37. The zero-order valence-electron chi connectivity index (χ0n) is 12.4. The highest BCUT2D eigenvalue weighted by Gasteiger charge is 2.49. The highest BCUT2D eigenvalue weighted by atomic mass is 35.5. The molecule has 1 saturated heterocycles. The fourth-order valence-corrected chi connectivity index (χ4v) is 4.20. The van der Waals surface area contributed by atoms with E-state index in [9.17, 15) is 9.18 Å². The molecule has 1 atom stereocenters. The molecule has 0 radical (unpaired) electrons. The van der Waals surface area contributed by atoms with Crippen LogP contribution in [-0.4, -0.2) is 16.8 Å². The molecule has 2 aliphatic rings. The van der Waals surface area contributed by atoms with E-state index in [1.54, 1.807) is 6.07 Å². The highest BCUT2D eigenvalue weighted by Crippen LogP contribution is 2.47. The number of likely N-dealkylation sites (tertiary alicyclic amines) is 1. The van der Waals surface area contributed by atoms with E-state index < -0.39 is 0 Å². The molecule has 114 valence electrons. The van der Waals surface area contributed by atoms with Crippen molar-refractivity contribution in [2.24, 2.45) is 5.41 Å². The number of hydrogen-bond acceptors (Lipinski definition) is 1. The first-order chi connectivity index (χ1) is 10.0. The van der Waals surface area contributed by atoms with Crippen molar-refractivity contribution in [2.45, 2.75) is 58.0 Å². The maximum Gasteiger partial charge on any atom is 0.229 e. The molecule has 4 heteroatoms. The second kappa shape index (κ2) is 5.60. The van der Waals surface area contributed by atoms with Gasteiger partial charge in [0.25, 0.3) is 0 Å². The first kappa shape index (κ1) is 14.8. The molecule has 1 spiro atoms. The van der Waals surface area contributed by atoms with Gasteiger partial charge in [-0.25, -0.2) is 4.39 Å². The fourth-order valence-electron chi connectivity index (χ4n) is 3.98. The van der Waals surface area contributed by atoms with Crippen molar-refractivity contribution >= 4 is 17.5 Å². The number of hydrogen-bond donors (Lipinski definition) is 0. The van der Waals surface area contributed by atoms with Crippen molar-refractivity contribution in [3.8, 4) is 0 Å². The van der Waals surface area contributed by atoms with Crippen LogP contribution in [-0.2, 0) is 11.3 Å². The number of carbonyl (C=O) groups is 1. The van der Waals surface area contributed by atoms with Gasteiger partial charge in [0, 0.05) is 17.6 Å². The largest absolute Gasteiger partial charge is 0.335 e. The van der Waals surface area contributed by atoms with Gasteiger partial charge in [0.2, 0.25) is 5.91 Å². The number of halogens is 2. The lowest BCUT2D eigenvalue weighted by molar-refractivity contribution is -0.138. The highest BCUT2D eigenvalue weighted by molar-refractivity contribution is 6.31. The van der Waals surface area contributed by atoms with Crippen LogP contribution >= 0.6 is 11.6 Å². The molecule has 1 aliphatic heterocycles. The van der Waals surface area contributed by atoms with E-state index in [4.69, 9.17) is 11.6 Å². The summed E-state index contributed by atoms with van der Waals surface area (Å²) < 4.78 is 13.1. The minimum absolute atomic E-state index is 0.135. The summed E-state index contributed by atoms with van der Waals surface area (Å²) in [7, 11) is 0. The van der Waals surface area contributed by atoms with E-state index in [1.165, 1.54) is 18.6 Å². The van der Waals surface area contributed by atoms with Gasteiger partial charge in [-0.15, -0.1) is 0 Å². The van der Waals surface area contributed by atoms with E-state index in [2.05, 4.69) is 6.92 Å². The van der Waals surface area contributed by atoms with Crippen LogP contribution in [0.2, 0.25) is 5.02 Å². The molecule has 0 aromatic heterocycles. The summed E-state index contributed by atoms with van der Waals surface area (Å²) in [6.45, 7) is 2.60. The number of amides is 1. The number of benzene rings is 1. The molecule has 2 nitrogen and oxygen atoms in total. The Morgan fingerprint density at radius 3 is 2.71 bits per heavy atom. The van der Waals surface area contributed by atoms with Crippen molar-refractivity contribution in [3.63, 3.8) is 0 Å². The van der Waals surface area contributed by atoms with Crippen LogP contribution < -0.4 is 0 Å². The van der Waals surface area contributed by atoms with E-state index in [-0.39, 0.29) is 23.2 Å². The number of rotatable bonds is 2. The van der Waals surface area contributed by atoms with Gasteiger partial charge in [0.05, 0.1) is 5.41 Å². The topological polar surface area (TPSA) is 20.3 Å². The van der Waals surface area contributed by atoms with Gasteiger partial charge < -0.3 is 4.90 Å². The standard InChI is InChI=1S/C17H21ClFNO/c1-12-10-17(7-3-2-4-8-17)16(21)20(12)11-13-5-6-14(19)9-15(13)18/h5-6,9,12H,2-4,7-8,10-11H2,1H3. The van der Waals surface area contributed by atoms with Crippen LogP contribution in [0.5, 0.6) is 0 Å². The average Bonchev–Trinajstić information content (AvgIpc) is 2.67. The Bertz CT molecular complexity index is 554. The normalized spacial score (nSPS) is 24.8. The minimum Gasteiger partial charge on any atom is -0.335 e. The summed E-state index contributed by atoms with van der Waals surface area (Å²) >= 11 is 6.10. The Hall–Kier alpha value is -1.09. The summed E-state index contributed by atoms with van der Waals surface area (Å²) in [6, 6.07) is 4.64. The van der Waals surface area contributed by atoms with Gasteiger partial charge in [-0.2, -0.15) is 0 Å². The first-order valence-corrected chi connectivity index (χ1v) is 8.15. The number of nitrogens with zero attached hydrogens (tertiary/aromatic N) is 1. The van der Waals surface area contributed by atoms with Crippen LogP contribution in [0.25, 0.3) is 0 Å². The quantitative estimate of drug-likeness (QED) is 0.785. The average molecular weight is 310 g/mol. The summed E-state index contributed by atoms with van der Waals surface area (Å²) in [4.78, 5) is 14.8. The molecule has 21 heavy (non-hydrogen) atoms. The van der Waals surface area contributed by atoms with Gasteiger partial charge in [-0.05, 0) is 43.9 Å². The van der Waals surface area contributed by atoms with Crippen molar-refractivity contribution < 1.29 is 9.18 Å². The Morgan fingerprint density at radius 1 is 1.33 bits per heavy atom. The molecule has 0 N–H and O–H groups in total. The van der Waals surface area contributed by atoms with Gasteiger partial charge in [-0.1, -0.05) is 36.9 Å². The van der Waals surface area contributed by atoms with Gasteiger partial charge >= 0.3 is 0 Å². The van der Waals surface area contributed by atoms with E-state index in [1.807, 2.05) is 4.90 Å². The molecule has 1 unspecified atom stereocenters. The van der Waals surface area contributed by atoms with Crippen LogP contribution in [0.4, 0.5) is 4.39 Å². The van der Waals surface area contributed by atoms with Crippen LogP contribution in [0, 0.1) is 11.2 Å². The summed E-state index contributed by atoms with van der Waals surface area (Å²) in [5, 5.41) is 0.402. The van der Waals surface area contributed by atoms with E-state index >= 15 is 0 Å². The molecule has 2 fully saturated rings. The molecule has 1 aromatic rings. The maximum atomic E-state index is 13.1. The smallest absolute Gasteiger partial charge is 0.229 e. The lowest BCUT2D eigenvalue weighted by Gasteiger charge is -2.31. The van der Waals surface area contributed by atoms with Crippen molar-refractivity contribution in [1.29, 1.82) is 0 Å². The molecule has 1 aliphatic carbocycles. The zero-order valence-corrected chi connectivity index (χ0v) is 13.1. The predicted octanol–water partition coefficient (Wildman–Crippen LogP) is 4.55. The minimum atomic E-state index is -0.340.